The molecule has 0 aromatic carbocycles. The summed E-state index contributed by atoms with van der Waals surface area (Å²) in [6.45, 7) is 4.60. The molecule has 2 fully saturated rings. The van der Waals surface area contributed by atoms with Crippen LogP contribution in [0.15, 0.2) is 11.1 Å². The predicted molar refractivity (Wildman–Crippen MR) is 90.5 cm³/mol. The van der Waals surface area contributed by atoms with Gasteiger partial charge in [0, 0.05) is 18.3 Å². The SMILES string of the molecule is C#C[C@]1(O)CC[C@@H]2C3[C@@H](C)CC4=C(CCC(=O)C4)[C@@H]3CC[C@]21C. The molecule has 2 heteroatoms. The van der Waals surface area contributed by atoms with Crippen molar-refractivity contribution in [2.45, 2.75) is 70.8 Å². The summed E-state index contributed by atoms with van der Waals surface area (Å²) < 4.78 is 0. The van der Waals surface area contributed by atoms with Gasteiger partial charge in [0.2, 0.25) is 0 Å². The van der Waals surface area contributed by atoms with E-state index in [2.05, 4.69) is 19.8 Å². The molecule has 23 heavy (non-hydrogen) atoms. The zero-order valence-corrected chi connectivity index (χ0v) is 14.4. The molecule has 6 atom stereocenters. The molecule has 0 aromatic heterocycles. The average Bonchev–Trinajstić information content (AvgIpc) is 2.79. The second-order valence-electron chi connectivity index (χ2n) is 8.82. The first-order valence-corrected chi connectivity index (χ1v) is 9.32. The molecule has 4 aliphatic carbocycles. The number of hydrogen-bond acceptors (Lipinski definition) is 2. The molecule has 0 bridgehead atoms. The first-order chi connectivity index (χ1) is 10.9. The average molecular weight is 312 g/mol. The minimum absolute atomic E-state index is 0.125. The van der Waals surface area contributed by atoms with E-state index in [1.54, 1.807) is 5.57 Å². The van der Waals surface area contributed by atoms with Crippen molar-refractivity contribution >= 4 is 5.78 Å². The van der Waals surface area contributed by atoms with Gasteiger partial charge in [-0.3, -0.25) is 4.79 Å². The number of allylic oxidation sites excluding steroid dienone is 2. The second kappa shape index (κ2) is 4.96. The van der Waals surface area contributed by atoms with Crippen LogP contribution in [0.25, 0.3) is 0 Å². The number of hydrogen-bond donors (Lipinski definition) is 1. The van der Waals surface area contributed by atoms with E-state index in [-0.39, 0.29) is 5.41 Å². The normalized spacial score (nSPS) is 49.2. The Kier molecular flexibility index (Phi) is 3.34. The summed E-state index contributed by atoms with van der Waals surface area (Å²) in [5, 5.41) is 11.0. The molecule has 0 radical (unpaired) electrons. The molecule has 2 saturated carbocycles. The topological polar surface area (TPSA) is 37.3 Å². The summed E-state index contributed by atoms with van der Waals surface area (Å²) in [6, 6.07) is 0. The van der Waals surface area contributed by atoms with Crippen molar-refractivity contribution < 1.29 is 9.90 Å². The van der Waals surface area contributed by atoms with E-state index in [4.69, 9.17) is 6.42 Å². The van der Waals surface area contributed by atoms with Gasteiger partial charge in [-0.25, -0.2) is 0 Å². The highest BCUT2D eigenvalue weighted by Gasteiger charge is 2.62. The Morgan fingerprint density at radius 2 is 2.04 bits per heavy atom. The standard InChI is InChI=1S/C21H28O2/c1-4-21(23)10-8-18-19-13(2)11-14-12-15(22)5-6-16(14)17(19)7-9-20(18,21)3/h1,13,17-19,23H,5-12H2,2-3H3/t13-,17-,18+,19?,20+,21-/m0/s1. The van der Waals surface area contributed by atoms with Crippen molar-refractivity contribution in [3.63, 3.8) is 0 Å². The van der Waals surface area contributed by atoms with Gasteiger partial charge in [-0.2, -0.15) is 0 Å². The van der Waals surface area contributed by atoms with Crippen LogP contribution < -0.4 is 0 Å². The van der Waals surface area contributed by atoms with Gasteiger partial charge in [-0.05, 0) is 62.2 Å². The minimum Gasteiger partial charge on any atom is -0.377 e. The van der Waals surface area contributed by atoms with E-state index in [1.165, 1.54) is 5.57 Å². The third kappa shape index (κ3) is 1.96. The summed E-state index contributed by atoms with van der Waals surface area (Å²) in [5.41, 5.74) is 2.04. The van der Waals surface area contributed by atoms with E-state index in [9.17, 15) is 9.90 Å². The Morgan fingerprint density at radius 1 is 1.26 bits per heavy atom. The lowest BCUT2D eigenvalue weighted by molar-refractivity contribution is -0.119. The molecule has 1 unspecified atom stereocenters. The van der Waals surface area contributed by atoms with Crippen LogP contribution in [0.1, 0.15) is 65.2 Å². The van der Waals surface area contributed by atoms with Gasteiger partial charge in [0.1, 0.15) is 11.4 Å². The van der Waals surface area contributed by atoms with E-state index < -0.39 is 5.60 Å². The van der Waals surface area contributed by atoms with Crippen molar-refractivity contribution in [3.05, 3.63) is 11.1 Å². The van der Waals surface area contributed by atoms with E-state index in [0.717, 1.165) is 44.9 Å². The number of aliphatic hydroxyl groups is 1. The van der Waals surface area contributed by atoms with Gasteiger partial charge in [0.15, 0.2) is 0 Å². The molecule has 0 aliphatic heterocycles. The van der Waals surface area contributed by atoms with E-state index >= 15 is 0 Å². The molecule has 0 amide bonds. The maximum Gasteiger partial charge on any atom is 0.137 e. The fraction of sp³-hybridized carbons (Fsp3) is 0.762. The number of rotatable bonds is 0. The lowest BCUT2D eigenvalue weighted by Crippen LogP contribution is -2.52. The van der Waals surface area contributed by atoms with E-state index in [1.807, 2.05) is 0 Å². The summed E-state index contributed by atoms with van der Waals surface area (Å²) in [6.07, 6.45) is 13.2. The highest BCUT2D eigenvalue weighted by atomic mass is 16.3. The number of ketones is 1. The van der Waals surface area contributed by atoms with Crippen LogP contribution >= 0.6 is 0 Å². The van der Waals surface area contributed by atoms with Crippen molar-refractivity contribution in [2.75, 3.05) is 0 Å². The van der Waals surface area contributed by atoms with Crippen LogP contribution in [0.3, 0.4) is 0 Å². The summed E-state index contributed by atoms with van der Waals surface area (Å²) in [7, 11) is 0. The first-order valence-electron chi connectivity index (χ1n) is 9.32. The molecule has 2 nitrogen and oxygen atoms in total. The van der Waals surface area contributed by atoms with Crippen molar-refractivity contribution in [1.82, 2.24) is 0 Å². The smallest absolute Gasteiger partial charge is 0.137 e. The van der Waals surface area contributed by atoms with Gasteiger partial charge < -0.3 is 5.11 Å². The Hall–Kier alpha value is -1.07. The van der Waals surface area contributed by atoms with E-state index in [0.29, 0.717) is 35.9 Å². The lowest BCUT2D eigenvalue weighted by atomic mass is 9.50. The van der Waals surface area contributed by atoms with Gasteiger partial charge in [-0.15, -0.1) is 6.42 Å². The molecule has 0 aromatic rings. The minimum atomic E-state index is -0.917. The number of fused-ring (bicyclic) bond motifs is 4. The predicted octanol–water partition coefficient (Wildman–Crippen LogP) is 3.88. The molecule has 4 aliphatic rings. The van der Waals surface area contributed by atoms with Gasteiger partial charge in [0.25, 0.3) is 0 Å². The second-order valence-corrected chi connectivity index (χ2v) is 8.82. The highest BCUT2D eigenvalue weighted by Crippen LogP contribution is 2.65. The fourth-order valence-electron chi connectivity index (χ4n) is 6.72. The number of carbonyl (C=O) groups excluding carboxylic acids is 1. The monoisotopic (exact) mass is 312 g/mol. The zero-order chi connectivity index (χ0) is 16.4. The zero-order valence-electron chi connectivity index (χ0n) is 14.4. The fourth-order valence-corrected chi connectivity index (χ4v) is 6.72. The van der Waals surface area contributed by atoms with Crippen LogP contribution in [-0.4, -0.2) is 16.5 Å². The van der Waals surface area contributed by atoms with Crippen LogP contribution in [0.2, 0.25) is 0 Å². The van der Waals surface area contributed by atoms with Crippen molar-refractivity contribution in [3.8, 4) is 12.3 Å². The Bertz CT molecular complexity index is 624. The molecule has 0 heterocycles. The van der Waals surface area contributed by atoms with Crippen molar-refractivity contribution in [1.29, 1.82) is 0 Å². The van der Waals surface area contributed by atoms with Crippen LogP contribution in [0.5, 0.6) is 0 Å². The number of carbonyl (C=O) groups is 1. The highest BCUT2D eigenvalue weighted by molar-refractivity contribution is 5.82. The maximum atomic E-state index is 11.9. The third-order valence-corrected chi connectivity index (χ3v) is 7.93. The molecule has 4 rings (SSSR count). The molecule has 124 valence electrons. The van der Waals surface area contributed by atoms with Gasteiger partial charge >= 0.3 is 0 Å². The summed E-state index contributed by atoms with van der Waals surface area (Å²) in [5.74, 6) is 5.60. The molecule has 0 saturated heterocycles. The van der Waals surface area contributed by atoms with Gasteiger partial charge in [-0.1, -0.05) is 30.9 Å². The van der Waals surface area contributed by atoms with Crippen molar-refractivity contribution in [2.24, 2.45) is 29.1 Å². The quantitative estimate of drug-likeness (QED) is 0.544. The summed E-state index contributed by atoms with van der Waals surface area (Å²) >= 11 is 0. The third-order valence-electron chi connectivity index (χ3n) is 7.93. The van der Waals surface area contributed by atoms with Crippen LogP contribution in [-0.2, 0) is 4.79 Å². The van der Waals surface area contributed by atoms with Gasteiger partial charge in [0.05, 0.1) is 0 Å². The lowest BCUT2D eigenvalue weighted by Gasteiger charge is -2.55. The maximum absolute atomic E-state index is 11.9. The molecular formula is C21H28O2. The molecule has 0 spiro atoms. The first kappa shape index (κ1) is 15.5. The Labute approximate surface area is 139 Å². The Morgan fingerprint density at radius 3 is 2.78 bits per heavy atom. The number of terminal acetylenes is 1. The summed E-state index contributed by atoms with van der Waals surface area (Å²) in [4.78, 5) is 11.9. The van der Waals surface area contributed by atoms with Crippen LogP contribution in [0, 0.1) is 41.4 Å². The van der Waals surface area contributed by atoms with Crippen LogP contribution in [0.4, 0.5) is 0 Å². The molecular weight excluding hydrogens is 284 g/mol. The largest absolute Gasteiger partial charge is 0.377 e. The Balaban J connectivity index is 1.72. The molecule has 1 N–H and O–H groups in total. The number of Topliss-reactive ketones (excluding diaryl/α,β-unsaturated/α-hetero) is 1.